The van der Waals surface area contributed by atoms with Crippen molar-refractivity contribution in [2.75, 3.05) is 26.7 Å². The van der Waals surface area contributed by atoms with Crippen LogP contribution in [0.25, 0.3) is 0 Å². The minimum atomic E-state index is 0.0433. The third-order valence-electron chi connectivity index (χ3n) is 4.32. The molecule has 4 nitrogen and oxygen atoms in total. The number of amides is 1. The lowest BCUT2D eigenvalue weighted by Crippen LogP contribution is -2.45. The number of nitrogens with two attached hydrogens (primary N) is 1. The van der Waals surface area contributed by atoms with Crippen molar-refractivity contribution in [3.8, 4) is 0 Å². The van der Waals surface area contributed by atoms with Crippen molar-refractivity contribution in [2.24, 2.45) is 5.73 Å². The van der Waals surface area contributed by atoms with Crippen molar-refractivity contribution in [3.63, 3.8) is 0 Å². The first-order valence-electron chi connectivity index (χ1n) is 7.46. The van der Waals surface area contributed by atoms with E-state index in [2.05, 4.69) is 4.90 Å². The molecule has 0 radical (unpaired) electrons. The molecule has 1 fully saturated rings. The molecule has 5 heteroatoms. The maximum atomic E-state index is 12.4. The maximum absolute atomic E-state index is 12.4. The average Bonchev–Trinajstić information content (AvgIpc) is 2.49. The second kappa shape index (κ2) is 7.25. The zero-order valence-corrected chi connectivity index (χ0v) is 13.5. The normalized spacial score (nSPS) is 18.5. The van der Waals surface area contributed by atoms with Crippen LogP contribution in [0.3, 0.4) is 0 Å². The van der Waals surface area contributed by atoms with E-state index in [-0.39, 0.29) is 11.9 Å². The lowest BCUT2D eigenvalue weighted by atomic mass is 10.1. The van der Waals surface area contributed by atoms with E-state index < -0.39 is 0 Å². The molecule has 1 amide bonds. The van der Waals surface area contributed by atoms with Crippen LogP contribution >= 0.6 is 11.6 Å². The fourth-order valence-electron chi connectivity index (χ4n) is 2.59. The molecule has 1 aliphatic heterocycles. The quantitative estimate of drug-likeness (QED) is 0.928. The number of piperidine rings is 1. The van der Waals surface area contributed by atoms with Crippen LogP contribution in [0.15, 0.2) is 24.3 Å². The summed E-state index contributed by atoms with van der Waals surface area (Å²) in [4.78, 5) is 16.4. The minimum Gasteiger partial charge on any atom is -0.338 e. The van der Waals surface area contributed by atoms with E-state index >= 15 is 0 Å². The third kappa shape index (κ3) is 4.43. The summed E-state index contributed by atoms with van der Waals surface area (Å²) in [5.74, 6) is 0.146. The first kappa shape index (κ1) is 16.3. The predicted octanol–water partition coefficient (Wildman–Crippen LogP) is 2.28. The third-order valence-corrected chi connectivity index (χ3v) is 4.57. The SMILES string of the molecule is CC(c1ccc(Cl)cc1)N(C)C(=O)CN1CCC(N)CC1. The van der Waals surface area contributed by atoms with Gasteiger partial charge in [0.15, 0.2) is 0 Å². The molecule has 1 heterocycles. The number of halogens is 1. The van der Waals surface area contributed by atoms with Crippen molar-refractivity contribution in [3.05, 3.63) is 34.9 Å². The van der Waals surface area contributed by atoms with Crippen molar-refractivity contribution in [2.45, 2.75) is 31.8 Å². The Morgan fingerprint density at radius 2 is 1.95 bits per heavy atom. The standard InChI is InChI=1S/C16H24ClN3O/c1-12(13-3-5-14(17)6-4-13)19(2)16(21)11-20-9-7-15(18)8-10-20/h3-6,12,15H,7-11,18H2,1-2H3. The Bertz CT molecular complexity index is 469. The Labute approximate surface area is 131 Å². The van der Waals surface area contributed by atoms with Gasteiger partial charge in [-0.3, -0.25) is 9.69 Å². The molecule has 0 aromatic heterocycles. The zero-order valence-electron chi connectivity index (χ0n) is 12.8. The second-order valence-corrected chi connectivity index (χ2v) is 6.28. The van der Waals surface area contributed by atoms with E-state index in [9.17, 15) is 4.79 Å². The molecule has 0 bridgehead atoms. The smallest absolute Gasteiger partial charge is 0.236 e. The van der Waals surface area contributed by atoms with Crippen LogP contribution in [0.1, 0.15) is 31.4 Å². The van der Waals surface area contributed by atoms with Gasteiger partial charge in [-0.1, -0.05) is 23.7 Å². The molecule has 0 saturated carbocycles. The first-order chi connectivity index (χ1) is 9.97. The summed E-state index contributed by atoms with van der Waals surface area (Å²) in [6, 6.07) is 7.99. The Morgan fingerprint density at radius 3 is 2.52 bits per heavy atom. The monoisotopic (exact) mass is 309 g/mol. The molecule has 0 aliphatic carbocycles. The van der Waals surface area contributed by atoms with Crippen molar-refractivity contribution in [1.82, 2.24) is 9.80 Å². The van der Waals surface area contributed by atoms with Gasteiger partial charge in [-0.2, -0.15) is 0 Å². The van der Waals surface area contributed by atoms with E-state index in [1.165, 1.54) is 0 Å². The van der Waals surface area contributed by atoms with Crippen LogP contribution in [-0.4, -0.2) is 48.4 Å². The summed E-state index contributed by atoms with van der Waals surface area (Å²) in [5, 5.41) is 0.713. The molecule has 21 heavy (non-hydrogen) atoms. The molecule has 0 spiro atoms. The molecule has 2 N–H and O–H groups in total. The largest absolute Gasteiger partial charge is 0.338 e. The van der Waals surface area contributed by atoms with E-state index in [4.69, 9.17) is 17.3 Å². The zero-order chi connectivity index (χ0) is 15.4. The lowest BCUT2D eigenvalue weighted by molar-refractivity contribution is -0.133. The second-order valence-electron chi connectivity index (χ2n) is 5.85. The highest BCUT2D eigenvalue weighted by Crippen LogP contribution is 2.21. The van der Waals surface area contributed by atoms with E-state index in [0.717, 1.165) is 31.5 Å². The summed E-state index contributed by atoms with van der Waals surface area (Å²) < 4.78 is 0. The summed E-state index contributed by atoms with van der Waals surface area (Å²) in [7, 11) is 1.86. The first-order valence-corrected chi connectivity index (χ1v) is 7.84. The van der Waals surface area contributed by atoms with Crippen LogP contribution in [-0.2, 0) is 4.79 Å². The van der Waals surface area contributed by atoms with Crippen LogP contribution in [0.4, 0.5) is 0 Å². The molecule has 1 aliphatic rings. The highest BCUT2D eigenvalue weighted by atomic mass is 35.5. The van der Waals surface area contributed by atoms with Gasteiger partial charge < -0.3 is 10.6 Å². The highest BCUT2D eigenvalue weighted by molar-refractivity contribution is 6.30. The fraction of sp³-hybridized carbons (Fsp3) is 0.562. The highest BCUT2D eigenvalue weighted by Gasteiger charge is 2.22. The Hall–Kier alpha value is -1.10. The van der Waals surface area contributed by atoms with Crippen LogP contribution in [0.2, 0.25) is 5.02 Å². The molecular formula is C16H24ClN3O. The Kier molecular flexibility index (Phi) is 5.62. The van der Waals surface area contributed by atoms with Gasteiger partial charge >= 0.3 is 0 Å². The average molecular weight is 310 g/mol. The lowest BCUT2D eigenvalue weighted by Gasteiger charge is -2.32. The predicted molar refractivity (Wildman–Crippen MR) is 86.3 cm³/mol. The van der Waals surface area contributed by atoms with Gasteiger partial charge in [-0.05, 0) is 37.5 Å². The van der Waals surface area contributed by atoms with Crippen molar-refractivity contribution >= 4 is 17.5 Å². The summed E-state index contributed by atoms with van der Waals surface area (Å²) in [6.07, 6.45) is 1.95. The number of likely N-dealkylation sites (N-methyl/N-ethyl adjacent to an activating group) is 1. The topological polar surface area (TPSA) is 49.6 Å². The number of carbonyl (C=O) groups is 1. The molecule has 2 rings (SSSR count). The number of hydrogen-bond acceptors (Lipinski definition) is 3. The van der Waals surface area contributed by atoms with Gasteiger partial charge in [0.05, 0.1) is 12.6 Å². The number of benzene rings is 1. The van der Waals surface area contributed by atoms with Crippen LogP contribution in [0.5, 0.6) is 0 Å². The van der Waals surface area contributed by atoms with E-state index in [0.29, 0.717) is 17.6 Å². The molecule has 1 atom stereocenters. The number of rotatable bonds is 4. The molecule has 116 valence electrons. The van der Waals surface area contributed by atoms with Crippen LogP contribution < -0.4 is 5.73 Å². The molecule has 1 saturated heterocycles. The van der Waals surface area contributed by atoms with Gasteiger partial charge in [0, 0.05) is 31.2 Å². The number of likely N-dealkylation sites (tertiary alicyclic amines) is 1. The van der Waals surface area contributed by atoms with Crippen LogP contribution in [0, 0.1) is 0 Å². The van der Waals surface area contributed by atoms with Gasteiger partial charge in [0.2, 0.25) is 5.91 Å². The fourth-order valence-corrected chi connectivity index (χ4v) is 2.72. The van der Waals surface area contributed by atoms with E-state index in [1.807, 2.05) is 38.2 Å². The molecular weight excluding hydrogens is 286 g/mol. The molecule has 1 aromatic carbocycles. The molecule has 1 unspecified atom stereocenters. The maximum Gasteiger partial charge on any atom is 0.236 e. The summed E-state index contributed by atoms with van der Waals surface area (Å²) >= 11 is 5.90. The number of nitrogens with zero attached hydrogens (tertiary/aromatic N) is 2. The van der Waals surface area contributed by atoms with Crippen molar-refractivity contribution < 1.29 is 4.79 Å². The Balaban J connectivity index is 1.90. The Morgan fingerprint density at radius 1 is 1.38 bits per heavy atom. The summed E-state index contributed by atoms with van der Waals surface area (Å²) in [6.45, 7) is 4.33. The van der Waals surface area contributed by atoms with Gasteiger partial charge in [0.1, 0.15) is 0 Å². The number of hydrogen-bond donors (Lipinski definition) is 1. The van der Waals surface area contributed by atoms with Gasteiger partial charge in [-0.15, -0.1) is 0 Å². The van der Waals surface area contributed by atoms with Crippen molar-refractivity contribution in [1.29, 1.82) is 0 Å². The van der Waals surface area contributed by atoms with Gasteiger partial charge in [0.25, 0.3) is 0 Å². The summed E-state index contributed by atoms with van der Waals surface area (Å²) in [5.41, 5.74) is 6.98. The van der Waals surface area contributed by atoms with E-state index in [1.54, 1.807) is 4.90 Å². The minimum absolute atomic E-state index is 0.0433. The number of carbonyl (C=O) groups excluding carboxylic acids is 1. The van der Waals surface area contributed by atoms with Gasteiger partial charge in [-0.25, -0.2) is 0 Å². The molecule has 1 aromatic rings.